The van der Waals surface area contributed by atoms with Gasteiger partial charge in [-0.25, -0.2) is 18.1 Å². The first-order valence-corrected chi connectivity index (χ1v) is 11.1. The van der Waals surface area contributed by atoms with Crippen LogP contribution in [0.5, 0.6) is 0 Å². The van der Waals surface area contributed by atoms with Crippen LogP contribution in [0.4, 0.5) is 5.82 Å². The van der Waals surface area contributed by atoms with Gasteiger partial charge in [-0.15, -0.1) is 0 Å². The fourth-order valence-corrected chi connectivity index (χ4v) is 5.19. The van der Waals surface area contributed by atoms with Crippen molar-refractivity contribution in [3.63, 3.8) is 0 Å². The van der Waals surface area contributed by atoms with E-state index in [4.69, 9.17) is 5.73 Å². The first-order chi connectivity index (χ1) is 13.6. The normalized spacial score (nSPS) is 22.8. The van der Waals surface area contributed by atoms with E-state index < -0.39 is 15.6 Å². The monoisotopic (exact) mass is 415 g/mol. The van der Waals surface area contributed by atoms with Gasteiger partial charge in [0, 0.05) is 11.6 Å². The maximum atomic E-state index is 12.8. The molecule has 0 atom stereocenters. The van der Waals surface area contributed by atoms with Crippen LogP contribution in [0, 0.1) is 6.92 Å². The second-order valence-corrected chi connectivity index (χ2v) is 9.78. The number of aliphatic hydroxyl groups is 1. The molecule has 1 saturated carbocycles. The summed E-state index contributed by atoms with van der Waals surface area (Å²) < 4.78 is 28.4. The number of nitrogens with two attached hydrogens (primary N) is 1. The van der Waals surface area contributed by atoms with E-state index in [9.17, 15) is 13.5 Å². The van der Waals surface area contributed by atoms with Crippen LogP contribution in [-0.2, 0) is 10.0 Å². The molecule has 0 radical (unpaired) electrons. The number of nitrogens with zero attached hydrogens (tertiary/aromatic N) is 2. The van der Waals surface area contributed by atoms with E-state index in [1.165, 1.54) is 0 Å². The van der Waals surface area contributed by atoms with Crippen molar-refractivity contribution in [2.24, 2.45) is 0 Å². The smallest absolute Gasteiger partial charge is 0.240 e. The zero-order valence-electron chi connectivity index (χ0n) is 16.4. The van der Waals surface area contributed by atoms with Gasteiger partial charge in [-0.1, -0.05) is 6.07 Å². The highest BCUT2D eigenvalue weighted by molar-refractivity contribution is 7.89. The minimum Gasteiger partial charge on any atom is -0.390 e. The van der Waals surface area contributed by atoms with Crippen molar-refractivity contribution >= 4 is 26.9 Å². The van der Waals surface area contributed by atoms with Crippen molar-refractivity contribution in [2.75, 3.05) is 5.73 Å². The molecule has 0 bridgehead atoms. The molecule has 0 saturated heterocycles. The molecule has 0 amide bonds. The molecule has 1 fully saturated rings. The summed E-state index contributed by atoms with van der Waals surface area (Å²) in [5.74, 6) is 0.328. The van der Waals surface area contributed by atoms with Crippen LogP contribution < -0.4 is 10.5 Å². The van der Waals surface area contributed by atoms with Crippen LogP contribution in [0.3, 0.4) is 0 Å². The first-order valence-electron chi connectivity index (χ1n) is 9.61. The number of nitrogens with one attached hydrogen (secondary N) is 2. The summed E-state index contributed by atoms with van der Waals surface area (Å²) in [6.45, 7) is 3.65. The number of anilines is 1. The van der Waals surface area contributed by atoms with Crippen LogP contribution in [-0.4, -0.2) is 40.3 Å². The highest BCUT2D eigenvalue weighted by atomic mass is 32.2. The molecule has 0 spiro atoms. The lowest BCUT2D eigenvalue weighted by atomic mass is 9.84. The zero-order chi connectivity index (χ0) is 20.8. The van der Waals surface area contributed by atoms with E-state index >= 15 is 0 Å². The second-order valence-electron chi connectivity index (χ2n) is 8.07. The molecule has 1 aliphatic rings. The number of fused-ring (bicyclic) bond motifs is 1. The molecule has 4 rings (SSSR count). The topological polar surface area (TPSA) is 134 Å². The quantitative estimate of drug-likeness (QED) is 0.517. The summed E-state index contributed by atoms with van der Waals surface area (Å²) in [5.41, 5.74) is 8.81. The number of H-pyrrole nitrogens is 1. The molecule has 2 aromatic heterocycles. The number of aromatic amines is 1. The van der Waals surface area contributed by atoms with E-state index in [1.54, 1.807) is 25.1 Å². The molecular weight excluding hydrogens is 390 g/mol. The third-order valence-corrected chi connectivity index (χ3v) is 7.12. The Morgan fingerprint density at radius 3 is 2.66 bits per heavy atom. The maximum Gasteiger partial charge on any atom is 0.240 e. The summed E-state index contributed by atoms with van der Waals surface area (Å²) in [6, 6.07) is 8.55. The minimum absolute atomic E-state index is 0.159. The van der Waals surface area contributed by atoms with E-state index in [0.29, 0.717) is 42.7 Å². The van der Waals surface area contributed by atoms with Gasteiger partial charge in [0.2, 0.25) is 10.0 Å². The van der Waals surface area contributed by atoms with Gasteiger partial charge in [0.25, 0.3) is 0 Å². The van der Waals surface area contributed by atoms with Crippen molar-refractivity contribution in [3.8, 4) is 11.3 Å². The molecular formula is C20H25N5O3S. The Morgan fingerprint density at radius 2 is 1.97 bits per heavy atom. The summed E-state index contributed by atoms with van der Waals surface area (Å²) in [7, 11) is -3.64. The molecule has 154 valence electrons. The summed E-state index contributed by atoms with van der Waals surface area (Å²) in [5, 5.41) is 16.8. The molecule has 3 aromatic rings. The Bertz CT molecular complexity index is 1160. The molecule has 29 heavy (non-hydrogen) atoms. The van der Waals surface area contributed by atoms with Gasteiger partial charge in [0.15, 0.2) is 5.82 Å². The Morgan fingerprint density at radius 1 is 1.24 bits per heavy atom. The highest BCUT2D eigenvalue weighted by Gasteiger charge is 2.31. The summed E-state index contributed by atoms with van der Waals surface area (Å²) in [4.78, 5) is 4.78. The minimum atomic E-state index is -3.64. The lowest BCUT2D eigenvalue weighted by Crippen LogP contribution is -2.42. The van der Waals surface area contributed by atoms with Crippen LogP contribution in [0.2, 0.25) is 0 Å². The van der Waals surface area contributed by atoms with Gasteiger partial charge in [-0.2, -0.15) is 5.10 Å². The lowest BCUT2D eigenvalue weighted by molar-refractivity contribution is 0.0163. The Hall–Kier alpha value is -2.49. The molecule has 8 nitrogen and oxygen atoms in total. The van der Waals surface area contributed by atoms with Gasteiger partial charge < -0.3 is 10.8 Å². The maximum absolute atomic E-state index is 12.8. The fraction of sp³-hybridized carbons (Fsp3) is 0.400. The molecule has 0 unspecified atom stereocenters. The number of nitrogen functional groups attached to an aromatic ring is 1. The Labute approximate surface area is 169 Å². The van der Waals surface area contributed by atoms with E-state index in [1.807, 2.05) is 19.1 Å². The average Bonchev–Trinajstić information content (AvgIpc) is 3.04. The van der Waals surface area contributed by atoms with Crippen molar-refractivity contribution in [1.29, 1.82) is 0 Å². The third-order valence-electron chi connectivity index (χ3n) is 5.60. The van der Waals surface area contributed by atoms with Gasteiger partial charge in [0.1, 0.15) is 5.52 Å². The molecule has 5 N–H and O–H groups in total. The number of aromatic nitrogens is 3. The largest absolute Gasteiger partial charge is 0.390 e. The molecule has 2 heterocycles. The van der Waals surface area contributed by atoms with Crippen LogP contribution in [0.25, 0.3) is 22.3 Å². The number of rotatable bonds is 4. The SMILES string of the molecule is Cc1cc(S(=O)(=O)NC2CCC(C)(O)CC2)ccc1-c1ccc2[nH]nc(N)c2n1. The number of aryl methyl sites for hydroxylation is 1. The fourth-order valence-electron chi connectivity index (χ4n) is 3.80. The lowest BCUT2D eigenvalue weighted by Gasteiger charge is -2.33. The average molecular weight is 416 g/mol. The van der Waals surface area contributed by atoms with E-state index in [2.05, 4.69) is 19.9 Å². The van der Waals surface area contributed by atoms with Gasteiger partial charge >= 0.3 is 0 Å². The Balaban J connectivity index is 1.58. The van der Waals surface area contributed by atoms with Crippen LogP contribution >= 0.6 is 0 Å². The van der Waals surface area contributed by atoms with Gasteiger partial charge in [-0.05, 0) is 69.4 Å². The first kappa shape index (κ1) is 19.8. The summed E-state index contributed by atoms with van der Waals surface area (Å²) >= 11 is 0. The third kappa shape index (κ3) is 3.98. The number of hydrogen-bond acceptors (Lipinski definition) is 6. The van der Waals surface area contributed by atoms with Crippen molar-refractivity contribution in [3.05, 3.63) is 35.9 Å². The van der Waals surface area contributed by atoms with Crippen molar-refractivity contribution in [1.82, 2.24) is 19.9 Å². The summed E-state index contributed by atoms with van der Waals surface area (Å²) in [6.07, 6.45) is 2.42. The molecule has 9 heteroatoms. The predicted octanol–water partition coefficient (Wildman–Crippen LogP) is 2.49. The van der Waals surface area contributed by atoms with Gasteiger partial charge in [0.05, 0.1) is 21.7 Å². The number of benzene rings is 1. The molecule has 1 aromatic carbocycles. The van der Waals surface area contributed by atoms with Crippen LogP contribution in [0.1, 0.15) is 38.2 Å². The van der Waals surface area contributed by atoms with E-state index in [0.717, 1.165) is 16.6 Å². The number of sulfonamides is 1. The standard InChI is InChI=1S/C20H25N5O3S/c1-12-11-14(29(27,28)25-13-7-9-20(2,26)10-8-13)3-4-15(12)16-5-6-17-18(22-16)19(21)24-23-17/h3-6,11,13,25-26H,7-10H2,1-2H3,(H3,21,23,24). The Kier molecular flexibility index (Phi) is 4.84. The number of pyridine rings is 1. The van der Waals surface area contributed by atoms with Crippen LogP contribution in [0.15, 0.2) is 35.2 Å². The zero-order valence-corrected chi connectivity index (χ0v) is 17.3. The predicted molar refractivity (Wildman–Crippen MR) is 112 cm³/mol. The number of hydrogen-bond donors (Lipinski definition) is 4. The highest BCUT2D eigenvalue weighted by Crippen LogP contribution is 2.30. The van der Waals surface area contributed by atoms with Gasteiger partial charge in [-0.3, -0.25) is 5.10 Å². The molecule has 0 aliphatic heterocycles. The van der Waals surface area contributed by atoms with Crippen molar-refractivity contribution < 1.29 is 13.5 Å². The molecule has 1 aliphatic carbocycles. The van der Waals surface area contributed by atoms with Crippen molar-refractivity contribution in [2.45, 2.75) is 56.1 Å². The second kappa shape index (κ2) is 7.08. The van der Waals surface area contributed by atoms with E-state index in [-0.39, 0.29) is 10.9 Å².